The number of amides is 1. The van der Waals surface area contributed by atoms with Gasteiger partial charge in [0.05, 0.1) is 5.52 Å². The molecule has 0 saturated carbocycles. The van der Waals surface area contributed by atoms with Gasteiger partial charge in [-0.05, 0) is 23.8 Å². The summed E-state index contributed by atoms with van der Waals surface area (Å²) in [5.41, 5.74) is 1.80. The molecule has 110 valence electrons. The van der Waals surface area contributed by atoms with Crippen LogP contribution in [-0.4, -0.2) is 17.9 Å². The van der Waals surface area contributed by atoms with Crippen LogP contribution in [0.25, 0.3) is 10.9 Å². The fourth-order valence-corrected chi connectivity index (χ4v) is 2.38. The molecule has 4 heteroatoms. The summed E-state index contributed by atoms with van der Waals surface area (Å²) < 4.78 is 0. The Hall–Kier alpha value is -2.88. The lowest BCUT2D eigenvalue weighted by Gasteiger charge is -2.18. The highest BCUT2D eigenvalue weighted by atomic mass is 16.2. The Balaban J connectivity index is 1.93. The molecule has 4 nitrogen and oxygen atoms in total. The minimum atomic E-state index is -0.472. The van der Waals surface area contributed by atoms with Crippen LogP contribution in [0.2, 0.25) is 0 Å². The molecular formula is C18H17N3O. The lowest BCUT2D eigenvalue weighted by atomic mass is 10.1. The highest BCUT2D eigenvalue weighted by Gasteiger charge is 2.19. The number of nitrogens with one attached hydrogen (secondary N) is 2. The van der Waals surface area contributed by atoms with E-state index < -0.39 is 6.04 Å². The molecule has 1 heterocycles. The van der Waals surface area contributed by atoms with Gasteiger partial charge in [0.2, 0.25) is 5.91 Å². The number of anilines is 1. The van der Waals surface area contributed by atoms with Gasteiger partial charge < -0.3 is 10.6 Å². The quantitative estimate of drug-likeness (QED) is 0.776. The third-order valence-corrected chi connectivity index (χ3v) is 3.53. The van der Waals surface area contributed by atoms with E-state index in [-0.39, 0.29) is 5.91 Å². The fraction of sp³-hybridized carbons (Fsp3) is 0.111. The zero-order chi connectivity index (χ0) is 15.4. The number of benzene rings is 2. The van der Waals surface area contributed by atoms with Crippen molar-refractivity contribution in [3.63, 3.8) is 0 Å². The van der Waals surface area contributed by atoms with Crippen LogP contribution in [-0.2, 0) is 4.79 Å². The largest absolute Gasteiger partial charge is 0.357 e. The van der Waals surface area contributed by atoms with Crippen molar-refractivity contribution in [2.75, 3.05) is 12.4 Å². The summed E-state index contributed by atoms with van der Waals surface area (Å²) >= 11 is 0. The molecule has 1 amide bonds. The Morgan fingerprint density at radius 1 is 0.955 bits per heavy atom. The maximum absolute atomic E-state index is 12.2. The maximum Gasteiger partial charge on any atom is 0.246 e. The number of aromatic nitrogens is 1. The van der Waals surface area contributed by atoms with Crippen molar-refractivity contribution < 1.29 is 4.79 Å². The van der Waals surface area contributed by atoms with Crippen molar-refractivity contribution in [1.82, 2.24) is 10.3 Å². The van der Waals surface area contributed by atoms with Gasteiger partial charge in [-0.25, -0.2) is 4.98 Å². The first-order valence-corrected chi connectivity index (χ1v) is 7.17. The molecule has 2 N–H and O–H groups in total. The number of carbonyl (C=O) groups excluding carboxylic acids is 1. The molecule has 1 aromatic heterocycles. The lowest BCUT2D eigenvalue weighted by molar-refractivity contribution is -0.121. The number of hydrogen-bond donors (Lipinski definition) is 2. The standard InChI is InChI=1S/C18H17N3O/c1-19-18(22)17(14-8-3-2-4-9-14)21-16-12-11-13-7-5-6-10-15(13)20-16/h2-12,17H,1H3,(H,19,22)(H,20,21)/t17-/m0/s1. The summed E-state index contributed by atoms with van der Waals surface area (Å²) in [4.78, 5) is 16.7. The van der Waals surface area contributed by atoms with Crippen LogP contribution < -0.4 is 10.6 Å². The highest BCUT2D eigenvalue weighted by Crippen LogP contribution is 2.21. The van der Waals surface area contributed by atoms with Crippen molar-refractivity contribution in [2.24, 2.45) is 0 Å². The van der Waals surface area contributed by atoms with Gasteiger partial charge in [-0.15, -0.1) is 0 Å². The van der Waals surface area contributed by atoms with Gasteiger partial charge in [0.15, 0.2) is 0 Å². The fourth-order valence-electron chi connectivity index (χ4n) is 2.38. The third-order valence-electron chi connectivity index (χ3n) is 3.53. The average molecular weight is 291 g/mol. The number of hydrogen-bond acceptors (Lipinski definition) is 3. The van der Waals surface area contributed by atoms with Gasteiger partial charge in [-0.2, -0.15) is 0 Å². The van der Waals surface area contributed by atoms with Gasteiger partial charge in [-0.1, -0.05) is 48.5 Å². The number of para-hydroxylation sites is 1. The van der Waals surface area contributed by atoms with E-state index in [0.717, 1.165) is 16.5 Å². The molecule has 0 radical (unpaired) electrons. The van der Waals surface area contributed by atoms with Gasteiger partial charge >= 0.3 is 0 Å². The van der Waals surface area contributed by atoms with Crippen LogP contribution in [0.3, 0.4) is 0 Å². The second-order valence-corrected chi connectivity index (χ2v) is 4.99. The SMILES string of the molecule is CNC(=O)[C@@H](Nc1ccc2ccccc2n1)c1ccccc1. The Morgan fingerprint density at radius 3 is 2.45 bits per heavy atom. The summed E-state index contributed by atoms with van der Waals surface area (Å²) in [6.07, 6.45) is 0. The van der Waals surface area contributed by atoms with E-state index in [2.05, 4.69) is 15.6 Å². The first-order chi connectivity index (χ1) is 10.8. The number of carbonyl (C=O) groups is 1. The predicted octanol–water partition coefficient (Wildman–Crippen LogP) is 3.13. The van der Waals surface area contributed by atoms with E-state index in [4.69, 9.17) is 0 Å². The Labute approximate surface area is 129 Å². The second-order valence-electron chi connectivity index (χ2n) is 4.99. The summed E-state index contributed by atoms with van der Waals surface area (Å²) in [5.74, 6) is 0.581. The van der Waals surface area contributed by atoms with Gasteiger partial charge in [0.25, 0.3) is 0 Å². The van der Waals surface area contributed by atoms with Crippen molar-refractivity contribution in [2.45, 2.75) is 6.04 Å². The topological polar surface area (TPSA) is 54.0 Å². The van der Waals surface area contributed by atoms with Crippen LogP contribution in [0.1, 0.15) is 11.6 Å². The molecule has 3 aromatic rings. The van der Waals surface area contributed by atoms with Gasteiger partial charge in [-0.3, -0.25) is 4.79 Å². The van der Waals surface area contributed by atoms with E-state index in [9.17, 15) is 4.79 Å². The van der Waals surface area contributed by atoms with E-state index in [1.165, 1.54) is 0 Å². The molecule has 0 spiro atoms. The zero-order valence-corrected chi connectivity index (χ0v) is 12.3. The molecule has 0 aliphatic heterocycles. The molecule has 0 aliphatic rings. The summed E-state index contributed by atoms with van der Waals surface area (Å²) in [7, 11) is 1.63. The van der Waals surface area contributed by atoms with Gasteiger partial charge in [0.1, 0.15) is 11.9 Å². The molecule has 1 atom stereocenters. The molecular weight excluding hydrogens is 274 g/mol. The lowest BCUT2D eigenvalue weighted by Crippen LogP contribution is -2.31. The molecule has 2 aromatic carbocycles. The summed E-state index contributed by atoms with van der Waals surface area (Å²) in [6.45, 7) is 0. The van der Waals surface area contributed by atoms with Crippen LogP contribution in [0.15, 0.2) is 66.7 Å². The monoisotopic (exact) mass is 291 g/mol. The number of nitrogens with zero attached hydrogens (tertiary/aromatic N) is 1. The van der Waals surface area contributed by atoms with Crippen molar-refractivity contribution in [3.8, 4) is 0 Å². The van der Waals surface area contributed by atoms with Crippen LogP contribution in [0.5, 0.6) is 0 Å². The van der Waals surface area contributed by atoms with E-state index in [1.54, 1.807) is 7.05 Å². The minimum absolute atomic E-state index is 0.0961. The summed E-state index contributed by atoms with van der Waals surface area (Å²) in [6, 6.07) is 20.9. The normalized spacial score (nSPS) is 11.9. The minimum Gasteiger partial charge on any atom is -0.357 e. The third kappa shape index (κ3) is 2.91. The Kier molecular flexibility index (Phi) is 4.01. The average Bonchev–Trinajstić information content (AvgIpc) is 2.59. The van der Waals surface area contributed by atoms with Crippen molar-refractivity contribution in [1.29, 1.82) is 0 Å². The number of fused-ring (bicyclic) bond motifs is 1. The highest BCUT2D eigenvalue weighted by molar-refractivity contribution is 5.86. The van der Waals surface area contributed by atoms with Crippen LogP contribution in [0, 0.1) is 0 Å². The van der Waals surface area contributed by atoms with Crippen LogP contribution >= 0.6 is 0 Å². The first kappa shape index (κ1) is 14.1. The Morgan fingerprint density at radius 2 is 1.68 bits per heavy atom. The van der Waals surface area contributed by atoms with E-state index in [1.807, 2.05) is 66.7 Å². The van der Waals surface area contributed by atoms with E-state index in [0.29, 0.717) is 5.82 Å². The zero-order valence-electron chi connectivity index (χ0n) is 12.3. The second kappa shape index (κ2) is 6.26. The number of rotatable bonds is 4. The smallest absolute Gasteiger partial charge is 0.246 e. The first-order valence-electron chi connectivity index (χ1n) is 7.17. The van der Waals surface area contributed by atoms with E-state index >= 15 is 0 Å². The molecule has 3 rings (SSSR count). The molecule has 0 bridgehead atoms. The number of likely N-dealkylation sites (N-methyl/N-ethyl adjacent to an activating group) is 1. The maximum atomic E-state index is 12.2. The molecule has 22 heavy (non-hydrogen) atoms. The number of pyridine rings is 1. The van der Waals surface area contributed by atoms with Crippen LogP contribution in [0.4, 0.5) is 5.82 Å². The van der Waals surface area contributed by atoms with Crippen molar-refractivity contribution >= 4 is 22.6 Å². The molecule has 0 aliphatic carbocycles. The summed E-state index contributed by atoms with van der Waals surface area (Å²) in [5, 5.41) is 6.98. The molecule has 0 fully saturated rings. The van der Waals surface area contributed by atoms with Gasteiger partial charge in [0, 0.05) is 12.4 Å². The molecule has 0 saturated heterocycles. The molecule has 0 unspecified atom stereocenters. The van der Waals surface area contributed by atoms with Crippen molar-refractivity contribution in [3.05, 3.63) is 72.3 Å². The predicted molar refractivity (Wildman–Crippen MR) is 88.6 cm³/mol. The Bertz CT molecular complexity index is 786.